The summed E-state index contributed by atoms with van der Waals surface area (Å²) in [5.41, 5.74) is 0.379. The Morgan fingerprint density at radius 3 is 2.73 bits per heavy atom. The molecule has 1 nitrogen and oxygen atoms in total. The van der Waals surface area contributed by atoms with Crippen molar-refractivity contribution in [2.75, 3.05) is 0 Å². The highest BCUT2D eigenvalue weighted by Crippen LogP contribution is 2.26. The monoisotopic (exact) mass is 282 g/mol. The average Bonchev–Trinajstić information content (AvgIpc) is 2.03. The third-order valence-corrected chi connectivity index (χ3v) is 3.06. The quantitative estimate of drug-likeness (QED) is 0.612. The molecule has 0 aliphatic heterocycles. The lowest BCUT2D eigenvalue weighted by Crippen LogP contribution is -1.82. The van der Waals surface area contributed by atoms with E-state index in [0.29, 0.717) is 11.8 Å². The number of hydrogen-bond donors (Lipinski definition) is 0. The predicted octanol–water partition coefficient (Wildman–Crippen LogP) is 3.08. The highest BCUT2D eigenvalue weighted by Gasteiger charge is 1.98. The minimum atomic E-state index is -0.367. The van der Waals surface area contributed by atoms with Crippen molar-refractivity contribution in [3.05, 3.63) is 29.6 Å². The summed E-state index contributed by atoms with van der Waals surface area (Å²) in [6.45, 7) is 0. The Morgan fingerprint density at radius 2 is 2.18 bits per heavy atom. The molecule has 0 N–H and O–H groups in total. The highest BCUT2D eigenvalue weighted by molar-refractivity contribution is 14.2. The van der Waals surface area contributed by atoms with Gasteiger partial charge in [0, 0.05) is 31.7 Å². The van der Waals surface area contributed by atoms with E-state index in [1.807, 2.05) is 21.2 Å². The van der Waals surface area contributed by atoms with Crippen molar-refractivity contribution in [3.8, 4) is 0 Å². The molecule has 4 heteroatoms. The van der Waals surface area contributed by atoms with Gasteiger partial charge in [0.1, 0.15) is 12.1 Å². The molecule has 1 aromatic carbocycles. The van der Waals surface area contributed by atoms with E-state index in [9.17, 15) is 9.18 Å². The minimum Gasteiger partial charge on any atom is -0.298 e. The van der Waals surface area contributed by atoms with Crippen molar-refractivity contribution in [1.29, 1.82) is 0 Å². The van der Waals surface area contributed by atoms with Crippen molar-refractivity contribution in [2.24, 2.45) is 0 Å². The lowest BCUT2D eigenvalue weighted by molar-refractivity contribution is 0.112. The molecule has 0 bridgehead atoms. The molecule has 0 unspecified atom stereocenters. The molecule has 0 amide bonds. The van der Waals surface area contributed by atoms with Gasteiger partial charge in [-0.3, -0.25) is 4.79 Å². The highest BCUT2D eigenvalue weighted by atomic mass is 127. The van der Waals surface area contributed by atoms with E-state index >= 15 is 0 Å². The molecule has 11 heavy (non-hydrogen) atoms. The average molecular weight is 282 g/mol. The van der Waals surface area contributed by atoms with Crippen LogP contribution in [0.2, 0.25) is 0 Å². The zero-order chi connectivity index (χ0) is 8.27. The fourth-order valence-corrected chi connectivity index (χ4v) is 1.80. The van der Waals surface area contributed by atoms with Gasteiger partial charge in [0.2, 0.25) is 0 Å². The van der Waals surface area contributed by atoms with Crippen LogP contribution in [0.1, 0.15) is 10.4 Å². The first kappa shape index (κ1) is 8.99. The predicted molar refractivity (Wildman–Crippen MR) is 51.7 cm³/mol. The summed E-state index contributed by atoms with van der Waals surface area (Å²) < 4.78 is 12.6. The fourth-order valence-electron chi connectivity index (χ4n) is 0.697. The Hall–Kier alpha value is -0.100. The maximum absolute atomic E-state index is 12.6. The van der Waals surface area contributed by atoms with Gasteiger partial charge < -0.3 is 0 Å². The largest absolute Gasteiger partial charge is 0.298 e. The van der Waals surface area contributed by atoms with Gasteiger partial charge in [-0.2, -0.15) is 0 Å². The number of carbonyl (C=O) groups is 1. The summed E-state index contributed by atoms with van der Waals surface area (Å²) >= 11 is 2.04. The van der Waals surface area contributed by atoms with Crippen molar-refractivity contribution in [1.82, 2.24) is 0 Å². The van der Waals surface area contributed by atoms with E-state index in [2.05, 4.69) is 0 Å². The lowest BCUT2D eigenvalue weighted by atomic mass is 10.2. The maximum atomic E-state index is 12.6. The van der Waals surface area contributed by atoms with Crippen LogP contribution in [0.15, 0.2) is 23.1 Å². The number of rotatable bonds is 2. The molecule has 0 atom stereocenters. The molecular formula is C7H4FIOS. The summed E-state index contributed by atoms with van der Waals surface area (Å²) in [6, 6.07) is 4.25. The molecule has 1 aromatic rings. The van der Waals surface area contributed by atoms with Crippen molar-refractivity contribution in [3.63, 3.8) is 0 Å². The molecule has 1 rings (SSSR count). The topological polar surface area (TPSA) is 17.1 Å². The first-order valence-electron chi connectivity index (χ1n) is 2.80. The molecule has 58 valence electrons. The van der Waals surface area contributed by atoms with Crippen LogP contribution >= 0.6 is 30.1 Å². The molecular weight excluding hydrogens is 278 g/mol. The third-order valence-electron chi connectivity index (χ3n) is 1.12. The van der Waals surface area contributed by atoms with Crippen LogP contribution in [0.4, 0.5) is 4.39 Å². The van der Waals surface area contributed by atoms with Crippen LogP contribution in [0.3, 0.4) is 0 Å². The molecule has 0 aromatic heterocycles. The van der Waals surface area contributed by atoms with E-state index < -0.39 is 0 Å². The summed E-state index contributed by atoms with van der Waals surface area (Å²) in [4.78, 5) is 11.0. The Balaban J connectivity index is 3.11. The van der Waals surface area contributed by atoms with Gasteiger partial charge in [0.05, 0.1) is 0 Å². The molecule has 0 aliphatic carbocycles. The van der Waals surface area contributed by atoms with Crippen molar-refractivity contribution < 1.29 is 9.18 Å². The van der Waals surface area contributed by atoms with Gasteiger partial charge in [0.25, 0.3) is 0 Å². The molecule has 0 aliphatic rings. The van der Waals surface area contributed by atoms with Crippen LogP contribution in [-0.2, 0) is 0 Å². The van der Waals surface area contributed by atoms with E-state index in [-0.39, 0.29) is 5.82 Å². The fraction of sp³-hybridized carbons (Fsp3) is 0. The molecule has 0 fully saturated rings. The van der Waals surface area contributed by atoms with Crippen molar-refractivity contribution >= 4 is 36.4 Å². The second-order valence-electron chi connectivity index (χ2n) is 1.92. The zero-order valence-electron chi connectivity index (χ0n) is 5.38. The number of benzene rings is 1. The minimum absolute atomic E-state index is 0.367. The zero-order valence-corrected chi connectivity index (χ0v) is 8.36. The van der Waals surface area contributed by atoms with Gasteiger partial charge >= 0.3 is 0 Å². The standard InChI is InChI=1S/C7H4FIOS/c8-6-1-5(4-10)2-7(3-6)11-9/h1-4H. The molecule has 0 radical (unpaired) electrons. The van der Waals surface area contributed by atoms with Crippen LogP contribution in [0.5, 0.6) is 0 Å². The summed E-state index contributed by atoms with van der Waals surface area (Å²) in [6.07, 6.45) is 0.638. The first-order chi connectivity index (χ1) is 5.26. The summed E-state index contributed by atoms with van der Waals surface area (Å²) in [7, 11) is 1.38. The van der Waals surface area contributed by atoms with E-state index in [0.717, 1.165) is 4.90 Å². The van der Waals surface area contributed by atoms with Crippen LogP contribution < -0.4 is 0 Å². The summed E-state index contributed by atoms with van der Waals surface area (Å²) in [5.74, 6) is -0.367. The number of carbonyl (C=O) groups excluding carboxylic acids is 1. The van der Waals surface area contributed by atoms with Crippen LogP contribution in [0.25, 0.3) is 0 Å². The smallest absolute Gasteiger partial charge is 0.150 e. The number of hydrogen-bond acceptors (Lipinski definition) is 2. The van der Waals surface area contributed by atoms with Crippen LogP contribution in [-0.4, -0.2) is 6.29 Å². The van der Waals surface area contributed by atoms with Gasteiger partial charge in [-0.05, 0) is 18.2 Å². The summed E-state index contributed by atoms with van der Waals surface area (Å²) in [5, 5.41) is 0. The Kier molecular flexibility index (Phi) is 3.32. The van der Waals surface area contributed by atoms with E-state index in [1.165, 1.54) is 21.1 Å². The molecule has 0 saturated carbocycles. The molecule has 0 saturated heterocycles. The second kappa shape index (κ2) is 4.06. The van der Waals surface area contributed by atoms with E-state index in [4.69, 9.17) is 0 Å². The normalized spacial score (nSPS) is 9.64. The Labute approximate surface area is 80.0 Å². The van der Waals surface area contributed by atoms with Gasteiger partial charge in [-0.25, -0.2) is 4.39 Å². The Morgan fingerprint density at radius 1 is 1.45 bits per heavy atom. The van der Waals surface area contributed by atoms with Crippen LogP contribution in [0, 0.1) is 5.82 Å². The maximum Gasteiger partial charge on any atom is 0.150 e. The van der Waals surface area contributed by atoms with Gasteiger partial charge in [-0.15, -0.1) is 0 Å². The number of halogens is 2. The molecule has 0 spiro atoms. The van der Waals surface area contributed by atoms with Crippen molar-refractivity contribution in [2.45, 2.75) is 4.90 Å². The Bertz CT molecular complexity index is 277. The second-order valence-corrected chi connectivity index (χ2v) is 3.86. The van der Waals surface area contributed by atoms with Gasteiger partial charge in [-0.1, -0.05) is 8.93 Å². The lowest BCUT2D eigenvalue weighted by Gasteiger charge is -1.95. The molecule has 0 heterocycles. The number of aldehydes is 1. The SMILES string of the molecule is O=Cc1cc(F)cc(SI)c1. The van der Waals surface area contributed by atoms with E-state index in [1.54, 1.807) is 6.07 Å². The van der Waals surface area contributed by atoms with Gasteiger partial charge in [0.15, 0.2) is 0 Å². The first-order valence-corrected chi connectivity index (χ1v) is 6.16. The third kappa shape index (κ3) is 2.44.